The number of carbonyl (C=O) groups is 1. The minimum absolute atomic E-state index is 0.0831. The molecule has 0 saturated carbocycles. The monoisotopic (exact) mass is 629 g/mol. The van der Waals surface area contributed by atoms with Crippen LogP contribution in [0.5, 0.6) is 0 Å². The Labute approximate surface area is 249 Å². The third-order valence-corrected chi connectivity index (χ3v) is 10.1. The second kappa shape index (κ2) is 12.3. The number of amides is 1. The Kier molecular flexibility index (Phi) is 9.11. The minimum atomic E-state index is -4.20. The van der Waals surface area contributed by atoms with Crippen LogP contribution < -0.4 is 19.8 Å². The second-order valence-electron chi connectivity index (χ2n) is 10.3. The number of benzene rings is 2. The Morgan fingerprint density at radius 2 is 1.52 bits per heavy atom. The van der Waals surface area contributed by atoms with Crippen molar-refractivity contribution in [2.24, 2.45) is 16.6 Å². The lowest BCUT2D eigenvalue weighted by atomic mass is 9.97. The quantitative estimate of drug-likeness (QED) is 0.271. The Balaban J connectivity index is 1.57. The first-order chi connectivity index (χ1) is 19.7. The highest BCUT2D eigenvalue weighted by Crippen LogP contribution is 2.26. The first-order valence-electron chi connectivity index (χ1n) is 13.1. The van der Waals surface area contributed by atoms with Crippen molar-refractivity contribution in [2.45, 2.75) is 55.3 Å². The highest BCUT2D eigenvalue weighted by Gasteiger charge is 2.26. The molecule has 222 valence electrons. The highest BCUT2D eigenvalue weighted by molar-refractivity contribution is 7.91. The molecule has 0 bridgehead atoms. The first-order valence-corrected chi connectivity index (χ1v) is 16.9. The number of carbonyl (C=O) groups excluding carboxylic acids is 1. The number of nitrogens with two attached hydrogens (primary N) is 1. The van der Waals surface area contributed by atoms with Crippen LogP contribution in [0.15, 0.2) is 80.4 Å². The molecule has 1 amide bonds. The van der Waals surface area contributed by atoms with E-state index in [-0.39, 0.29) is 34.0 Å². The van der Waals surface area contributed by atoms with Gasteiger partial charge in [-0.25, -0.2) is 18.2 Å². The van der Waals surface area contributed by atoms with E-state index in [2.05, 4.69) is 66.8 Å². The number of aromatic nitrogens is 3. The van der Waals surface area contributed by atoms with E-state index in [0.717, 1.165) is 27.2 Å². The summed E-state index contributed by atoms with van der Waals surface area (Å²) in [5, 5.41) is 11.6. The van der Waals surface area contributed by atoms with Crippen LogP contribution >= 0.6 is 11.3 Å². The van der Waals surface area contributed by atoms with Gasteiger partial charge in [0.05, 0.1) is 4.90 Å². The van der Waals surface area contributed by atoms with Gasteiger partial charge in [-0.05, 0) is 35.4 Å². The van der Waals surface area contributed by atoms with E-state index in [0.29, 0.717) is 17.0 Å². The van der Waals surface area contributed by atoms with E-state index in [9.17, 15) is 21.6 Å². The second-order valence-corrected chi connectivity index (χ2v) is 14.6. The van der Waals surface area contributed by atoms with Gasteiger partial charge in [0, 0.05) is 36.7 Å². The van der Waals surface area contributed by atoms with Gasteiger partial charge in [-0.3, -0.25) is 4.79 Å². The third kappa shape index (κ3) is 7.18. The van der Waals surface area contributed by atoms with Gasteiger partial charge in [-0.1, -0.05) is 69.4 Å². The average molecular weight is 630 g/mol. The lowest BCUT2D eigenvalue weighted by molar-refractivity contribution is -0.700. The Hall–Kier alpha value is -3.72. The predicted molar refractivity (Wildman–Crippen MR) is 161 cm³/mol. The summed E-state index contributed by atoms with van der Waals surface area (Å²) in [4.78, 5) is 12.9. The lowest BCUT2D eigenvalue weighted by Gasteiger charge is -2.16. The van der Waals surface area contributed by atoms with Crippen molar-refractivity contribution in [1.82, 2.24) is 9.78 Å². The number of rotatable bonds is 9. The van der Waals surface area contributed by atoms with E-state index >= 15 is 0 Å². The molecular weight excluding hydrogens is 597 g/mol. The van der Waals surface area contributed by atoms with Gasteiger partial charge in [0.2, 0.25) is 15.7 Å². The largest absolute Gasteiger partial charge is 0.321 e. The summed E-state index contributed by atoms with van der Waals surface area (Å²) in [5.74, 6) is 0.0611. The number of aryl methyl sites for hydroxylation is 1. The number of hydrogen-bond donors (Lipinski definition) is 2. The van der Waals surface area contributed by atoms with E-state index in [1.54, 1.807) is 0 Å². The molecule has 0 atom stereocenters. The van der Waals surface area contributed by atoms with Gasteiger partial charge in [0.1, 0.15) is 0 Å². The molecular formula is C28H33N6O5S3+. The Morgan fingerprint density at radius 3 is 2.02 bits per heavy atom. The topological polar surface area (TPSA) is 157 Å². The van der Waals surface area contributed by atoms with Crippen molar-refractivity contribution in [2.75, 3.05) is 5.32 Å². The normalized spacial score (nSPS) is 12.7. The molecule has 4 aromatic rings. The van der Waals surface area contributed by atoms with Crippen LogP contribution in [-0.2, 0) is 38.4 Å². The van der Waals surface area contributed by atoms with Gasteiger partial charge in [0.15, 0.2) is 11.4 Å². The number of anilines is 1. The number of nitrogens with one attached hydrogen (secondary N) is 1. The number of hydrogen-bond acceptors (Lipinski definition) is 7. The standard InChI is InChI=1S/C28H32N6O5S3/c1-18(2)24-15-21(20-9-7-6-8-10-20)16-25(19(3)4)34(24)17-26(35)30-22-11-13-23(14-12-22)42(38,39)32-27-33(5)31-28(40-27)41(29,36)37/h6-16,18-19H,17H2,1-5H3,(H2-,29,30,35,36,37)/p+1/b32-27-. The zero-order valence-corrected chi connectivity index (χ0v) is 26.3. The zero-order valence-electron chi connectivity index (χ0n) is 23.8. The SMILES string of the molecule is CC(C)c1cc(-c2ccccc2)cc(C(C)C)[n+]1CC(=O)Nc1ccc(S(=O)(=O)/N=c2\sc(S(N)(=O)=O)nn2C)cc1. The van der Waals surface area contributed by atoms with E-state index < -0.39 is 24.4 Å². The molecule has 42 heavy (non-hydrogen) atoms. The van der Waals surface area contributed by atoms with Crippen molar-refractivity contribution in [1.29, 1.82) is 0 Å². The summed E-state index contributed by atoms with van der Waals surface area (Å²) < 4.78 is 55.1. The minimum Gasteiger partial charge on any atom is -0.321 e. The van der Waals surface area contributed by atoms with Crippen LogP contribution in [0.4, 0.5) is 5.69 Å². The Morgan fingerprint density at radius 1 is 0.952 bits per heavy atom. The van der Waals surface area contributed by atoms with E-state index in [1.807, 2.05) is 22.8 Å². The van der Waals surface area contributed by atoms with Crippen molar-refractivity contribution in [3.05, 3.63) is 82.9 Å². The van der Waals surface area contributed by atoms with Gasteiger partial charge in [0.25, 0.3) is 26.0 Å². The summed E-state index contributed by atoms with van der Waals surface area (Å²) in [5.41, 5.74) is 4.67. The van der Waals surface area contributed by atoms with Crippen molar-refractivity contribution >= 4 is 43.0 Å². The molecule has 0 aliphatic heterocycles. The van der Waals surface area contributed by atoms with Crippen LogP contribution in [0.2, 0.25) is 0 Å². The van der Waals surface area contributed by atoms with Gasteiger partial charge >= 0.3 is 0 Å². The number of primary sulfonamides is 1. The van der Waals surface area contributed by atoms with Crippen LogP contribution in [-0.4, -0.2) is 32.5 Å². The zero-order chi connectivity index (χ0) is 30.8. The molecule has 3 N–H and O–H groups in total. The lowest BCUT2D eigenvalue weighted by Crippen LogP contribution is -2.48. The fourth-order valence-electron chi connectivity index (χ4n) is 4.33. The van der Waals surface area contributed by atoms with E-state index in [4.69, 9.17) is 5.14 Å². The fraction of sp³-hybridized carbons (Fsp3) is 0.286. The maximum Gasteiger partial charge on any atom is 0.290 e. The molecule has 2 aromatic carbocycles. The van der Waals surface area contributed by atoms with Crippen LogP contribution in [0.25, 0.3) is 11.1 Å². The summed E-state index contributed by atoms with van der Waals surface area (Å²) in [6.07, 6.45) is 0. The molecule has 0 radical (unpaired) electrons. The first kappa shape index (κ1) is 31.2. The third-order valence-electron chi connectivity index (χ3n) is 6.39. The Bertz CT molecular complexity index is 1870. The molecule has 0 saturated heterocycles. The summed E-state index contributed by atoms with van der Waals surface area (Å²) in [6.45, 7) is 8.45. The summed E-state index contributed by atoms with van der Waals surface area (Å²) >= 11 is 0.540. The van der Waals surface area contributed by atoms with Crippen LogP contribution in [0, 0.1) is 0 Å². The van der Waals surface area contributed by atoms with Gasteiger partial charge in [-0.15, -0.1) is 9.50 Å². The van der Waals surface area contributed by atoms with Crippen molar-refractivity contribution in [3.8, 4) is 11.1 Å². The van der Waals surface area contributed by atoms with Gasteiger partial charge in [-0.2, -0.15) is 13.0 Å². The smallest absolute Gasteiger partial charge is 0.290 e. The molecule has 0 spiro atoms. The molecule has 2 heterocycles. The molecule has 0 aliphatic carbocycles. The molecule has 4 rings (SSSR count). The van der Waals surface area contributed by atoms with Crippen molar-refractivity contribution < 1.29 is 26.2 Å². The molecule has 0 fully saturated rings. The maximum atomic E-state index is 13.2. The van der Waals surface area contributed by atoms with Crippen molar-refractivity contribution in [3.63, 3.8) is 0 Å². The maximum absolute atomic E-state index is 13.2. The van der Waals surface area contributed by atoms with Crippen LogP contribution in [0.3, 0.4) is 0 Å². The summed E-state index contributed by atoms with van der Waals surface area (Å²) in [6, 6.07) is 19.9. The number of pyridine rings is 1. The fourth-order valence-corrected chi connectivity index (χ4v) is 7.10. The molecule has 0 unspecified atom stereocenters. The average Bonchev–Trinajstić information content (AvgIpc) is 3.29. The number of nitrogens with zero attached hydrogens (tertiary/aromatic N) is 4. The number of sulfonamides is 2. The summed E-state index contributed by atoms with van der Waals surface area (Å²) in [7, 11) is -6.94. The predicted octanol–water partition coefficient (Wildman–Crippen LogP) is 3.26. The van der Waals surface area contributed by atoms with E-state index in [1.165, 1.54) is 31.3 Å². The molecule has 11 nitrogen and oxygen atoms in total. The molecule has 2 aromatic heterocycles. The highest BCUT2D eigenvalue weighted by atomic mass is 32.2. The molecule has 14 heteroatoms. The van der Waals surface area contributed by atoms with Gasteiger partial charge < -0.3 is 5.32 Å². The van der Waals surface area contributed by atoms with Crippen LogP contribution in [0.1, 0.15) is 50.9 Å². The molecule has 0 aliphatic rings.